The molecule has 2 aliphatic heterocycles. The van der Waals surface area contributed by atoms with Gasteiger partial charge in [0.05, 0.1) is 5.41 Å². The van der Waals surface area contributed by atoms with Gasteiger partial charge in [0.25, 0.3) is 0 Å². The van der Waals surface area contributed by atoms with Crippen LogP contribution in [0.5, 0.6) is 0 Å². The molecule has 4 rings (SSSR count). The van der Waals surface area contributed by atoms with Gasteiger partial charge in [0.15, 0.2) is 0 Å². The summed E-state index contributed by atoms with van der Waals surface area (Å²) in [5, 5.41) is 2.58. The molecule has 2 heterocycles. The van der Waals surface area contributed by atoms with E-state index in [4.69, 9.17) is 0 Å². The maximum absolute atomic E-state index is 13.1. The molecule has 29 heavy (non-hydrogen) atoms. The smallest absolute Gasteiger partial charge is 0.237 e. The van der Waals surface area contributed by atoms with Crippen molar-refractivity contribution in [3.63, 3.8) is 0 Å². The molecule has 1 unspecified atom stereocenters. The number of nitrogens with zero attached hydrogens (tertiary/aromatic N) is 1. The Balaban J connectivity index is 1.55. The Bertz CT molecular complexity index is 886. The second-order valence-electron chi connectivity index (χ2n) is 8.12. The van der Waals surface area contributed by atoms with E-state index in [9.17, 15) is 14.4 Å². The van der Waals surface area contributed by atoms with E-state index in [1.54, 1.807) is 12.1 Å². The molecule has 2 saturated heterocycles. The summed E-state index contributed by atoms with van der Waals surface area (Å²) in [6, 6.07) is 17.7. The molecule has 2 aliphatic rings. The second kappa shape index (κ2) is 8.29. The average Bonchev–Trinajstić information content (AvgIpc) is 2.76. The lowest BCUT2D eigenvalue weighted by Crippen LogP contribution is -2.57. The highest BCUT2D eigenvalue weighted by Gasteiger charge is 2.50. The highest BCUT2D eigenvalue weighted by atomic mass is 16.2. The minimum absolute atomic E-state index is 0.171. The van der Waals surface area contributed by atoms with Crippen LogP contribution in [-0.2, 0) is 21.5 Å². The summed E-state index contributed by atoms with van der Waals surface area (Å²) in [7, 11) is 0. The largest absolute Gasteiger partial charge is 0.299 e. The van der Waals surface area contributed by atoms with E-state index in [2.05, 4.69) is 34.5 Å². The number of piperidine rings is 2. The third-order valence-electron chi connectivity index (χ3n) is 6.50. The first kappa shape index (κ1) is 19.5. The summed E-state index contributed by atoms with van der Waals surface area (Å²) in [5.41, 5.74) is 2.10. The number of likely N-dealkylation sites (tertiary alicyclic amines) is 1. The molecule has 0 aromatic heterocycles. The van der Waals surface area contributed by atoms with Crippen LogP contribution in [0, 0.1) is 5.92 Å². The standard InChI is InChI=1S/C24H26N2O3/c27-17-19-6-8-20(9-7-19)24(13-10-22(28)25-23(24)29)21-11-14-26(15-12-21)16-18-4-2-1-3-5-18/h1-9,17,21H,10-16H2,(H,25,28,29). The SMILES string of the molecule is O=Cc1ccc(C2(C3CCN(Cc4ccccc4)CC3)CCC(=O)NC2=O)cc1. The molecular formula is C24H26N2O3. The van der Waals surface area contributed by atoms with Gasteiger partial charge in [0.1, 0.15) is 6.29 Å². The lowest BCUT2D eigenvalue weighted by atomic mass is 9.62. The molecule has 0 saturated carbocycles. The van der Waals surface area contributed by atoms with Crippen molar-refractivity contribution in [1.29, 1.82) is 0 Å². The fourth-order valence-corrected chi connectivity index (χ4v) is 4.91. The van der Waals surface area contributed by atoms with Crippen LogP contribution in [0.4, 0.5) is 0 Å². The Labute approximate surface area is 171 Å². The summed E-state index contributed by atoms with van der Waals surface area (Å²) >= 11 is 0. The van der Waals surface area contributed by atoms with Gasteiger partial charge in [-0.2, -0.15) is 0 Å². The van der Waals surface area contributed by atoms with E-state index in [0.717, 1.165) is 44.3 Å². The predicted octanol–water partition coefficient (Wildman–Crippen LogP) is 3.09. The second-order valence-corrected chi connectivity index (χ2v) is 8.12. The third-order valence-corrected chi connectivity index (χ3v) is 6.50. The van der Waals surface area contributed by atoms with Gasteiger partial charge < -0.3 is 0 Å². The molecule has 0 spiro atoms. The molecule has 150 valence electrons. The zero-order valence-electron chi connectivity index (χ0n) is 16.5. The number of nitrogens with one attached hydrogen (secondary N) is 1. The van der Waals surface area contributed by atoms with Crippen molar-refractivity contribution in [3.8, 4) is 0 Å². The van der Waals surface area contributed by atoms with Crippen LogP contribution in [0.25, 0.3) is 0 Å². The van der Waals surface area contributed by atoms with Crippen LogP contribution in [0.3, 0.4) is 0 Å². The number of carbonyl (C=O) groups excluding carboxylic acids is 3. The Morgan fingerprint density at radius 3 is 2.31 bits per heavy atom. The number of hydrogen-bond donors (Lipinski definition) is 1. The maximum atomic E-state index is 13.1. The molecule has 1 N–H and O–H groups in total. The van der Waals surface area contributed by atoms with Crippen molar-refractivity contribution in [2.45, 2.75) is 37.6 Å². The summed E-state index contributed by atoms with van der Waals surface area (Å²) in [6.45, 7) is 2.77. The Kier molecular flexibility index (Phi) is 5.58. The molecule has 1 atom stereocenters. The lowest BCUT2D eigenvalue weighted by Gasteiger charge is -2.45. The third kappa shape index (κ3) is 3.87. The molecule has 2 aromatic rings. The lowest BCUT2D eigenvalue weighted by molar-refractivity contribution is -0.140. The Morgan fingerprint density at radius 2 is 1.69 bits per heavy atom. The van der Waals surface area contributed by atoms with Gasteiger partial charge in [-0.05, 0) is 49.4 Å². The van der Waals surface area contributed by atoms with Gasteiger partial charge in [-0.3, -0.25) is 24.6 Å². The van der Waals surface area contributed by atoms with Crippen molar-refractivity contribution in [3.05, 3.63) is 71.3 Å². The first-order chi connectivity index (χ1) is 14.1. The summed E-state index contributed by atoms with van der Waals surface area (Å²) in [4.78, 5) is 38.5. The van der Waals surface area contributed by atoms with Crippen LogP contribution in [0.2, 0.25) is 0 Å². The fourth-order valence-electron chi connectivity index (χ4n) is 4.91. The van der Waals surface area contributed by atoms with Crippen LogP contribution >= 0.6 is 0 Å². The van der Waals surface area contributed by atoms with Crippen molar-refractivity contribution in [1.82, 2.24) is 10.2 Å². The molecule has 5 heteroatoms. The summed E-state index contributed by atoms with van der Waals surface area (Å²) in [6.07, 6.45) is 3.50. The number of imide groups is 1. The van der Waals surface area contributed by atoms with Gasteiger partial charge in [-0.25, -0.2) is 0 Å². The van der Waals surface area contributed by atoms with E-state index >= 15 is 0 Å². The van der Waals surface area contributed by atoms with Gasteiger partial charge in [0, 0.05) is 18.5 Å². The monoisotopic (exact) mass is 390 g/mol. The number of hydrogen-bond acceptors (Lipinski definition) is 4. The molecule has 0 bridgehead atoms. The van der Waals surface area contributed by atoms with Crippen molar-refractivity contribution in [2.75, 3.05) is 13.1 Å². The number of carbonyl (C=O) groups is 3. The zero-order valence-corrected chi connectivity index (χ0v) is 16.5. The molecule has 0 aliphatic carbocycles. The van der Waals surface area contributed by atoms with Gasteiger partial charge >= 0.3 is 0 Å². The van der Waals surface area contributed by atoms with E-state index in [1.807, 2.05) is 18.2 Å². The van der Waals surface area contributed by atoms with Crippen LogP contribution in [0.1, 0.15) is 47.2 Å². The first-order valence-corrected chi connectivity index (χ1v) is 10.3. The summed E-state index contributed by atoms with van der Waals surface area (Å²) in [5.74, 6) is -0.213. The summed E-state index contributed by atoms with van der Waals surface area (Å²) < 4.78 is 0. The fraction of sp³-hybridized carbons (Fsp3) is 0.375. The van der Waals surface area contributed by atoms with Crippen molar-refractivity contribution >= 4 is 18.1 Å². The van der Waals surface area contributed by atoms with Crippen LogP contribution in [-0.4, -0.2) is 36.1 Å². The molecule has 2 aromatic carbocycles. The van der Waals surface area contributed by atoms with Crippen molar-refractivity contribution in [2.24, 2.45) is 5.92 Å². The first-order valence-electron chi connectivity index (χ1n) is 10.3. The predicted molar refractivity (Wildman–Crippen MR) is 110 cm³/mol. The van der Waals surface area contributed by atoms with Crippen molar-refractivity contribution < 1.29 is 14.4 Å². The maximum Gasteiger partial charge on any atom is 0.237 e. The molecular weight excluding hydrogens is 364 g/mol. The van der Waals surface area contributed by atoms with Gasteiger partial charge in [-0.1, -0.05) is 54.6 Å². The number of rotatable bonds is 5. The number of amides is 2. The quantitative estimate of drug-likeness (QED) is 0.629. The molecule has 0 radical (unpaired) electrons. The topological polar surface area (TPSA) is 66.5 Å². The minimum Gasteiger partial charge on any atom is -0.299 e. The van der Waals surface area contributed by atoms with E-state index in [-0.39, 0.29) is 17.7 Å². The number of aldehydes is 1. The van der Waals surface area contributed by atoms with Crippen LogP contribution < -0.4 is 5.32 Å². The molecule has 2 fully saturated rings. The van der Waals surface area contributed by atoms with Gasteiger partial charge in [-0.15, -0.1) is 0 Å². The van der Waals surface area contributed by atoms with E-state index in [1.165, 1.54) is 5.56 Å². The molecule has 5 nitrogen and oxygen atoms in total. The van der Waals surface area contributed by atoms with Crippen LogP contribution in [0.15, 0.2) is 54.6 Å². The highest BCUT2D eigenvalue weighted by Crippen LogP contribution is 2.44. The van der Waals surface area contributed by atoms with Gasteiger partial charge in [0.2, 0.25) is 11.8 Å². The normalized spacial score (nSPS) is 23.6. The van der Waals surface area contributed by atoms with E-state index < -0.39 is 5.41 Å². The Morgan fingerprint density at radius 1 is 1.00 bits per heavy atom. The zero-order chi connectivity index (χ0) is 20.3. The Hall–Kier alpha value is -2.79. The average molecular weight is 390 g/mol. The number of benzene rings is 2. The minimum atomic E-state index is -0.700. The van der Waals surface area contributed by atoms with E-state index in [0.29, 0.717) is 18.4 Å². The molecule has 2 amide bonds. The highest BCUT2D eigenvalue weighted by molar-refractivity contribution is 6.03.